The molecule has 18 unspecified atom stereocenters. The van der Waals surface area contributed by atoms with Crippen molar-refractivity contribution in [3.63, 3.8) is 0 Å². The summed E-state index contributed by atoms with van der Waals surface area (Å²) < 4.78 is 34.7. The van der Waals surface area contributed by atoms with Gasteiger partial charge in [0.15, 0.2) is 12.6 Å². The molecule has 3 aliphatic heterocycles. The Labute approximate surface area is 487 Å². The Bertz CT molecular complexity index is 1690. The lowest BCUT2D eigenvalue weighted by molar-refractivity contribution is -0.386. The first kappa shape index (κ1) is 74.0. The highest BCUT2D eigenvalue weighted by molar-refractivity contribution is 5.77. The van der Waals surface area contributed by atoms with Gasteiger partial charge in [-0.15, -0.1) is 0 Å². The minimum atomic E-state index is -3.07. The number of hydrogen-bond donors (Lipinski definition) is 14. The number of aliphatic hydroxyl groups is 11. The molecule has 3 heterocycles. The molecular formula is C59H110N2O21. The van der Waals surface area contributed by atoms with Crippen LogP contribution in [0, 0.1) is 0 Å². The van der Waals surface area contributed by atoms with Crippen molar-refractivity contribution in [2.24, 2.45) is 0 Å². The number of hydrogen-bond acceptors (Lipinski definition) is 20. The van der Waals surface area contributed by atoms with Gasteiger partial charge in [0.2, 0.25) is 11.8 Å². The largest absolute Gasteiger partial charge is 0.477 e. The van der Waals surface area contributed by atoms with Crippen LogP contribution in [-0.2, 0) is 42.8 Å². The summed E-state index contributed by atoms with van der Waals surface area (Å²) in [4.78, 5) is 38.4. The molecule has 482 valence electrons. The second-order valence-electron chi connectivity index (χ2n) is 23.3. The number of ether oxygens (including phenoxy) is 6. The van der Waals surface area contributed by atoms with E-state index in [2.05, 4.69) is 24.5 Å². The standard InChI is InChI=1S/C59H110N2O21/c1-4-6-8-10-12-14-16-17-18-19-20-21-23-24-26-28-30-32-41(66)40(61-46(69)33-31-29-27-25-22-15-13-11-9-7-5-2)38-77-56-51(73)50(72)53(45(37-64)79-56)80-57-52(74)55(49(71)44(36-63)78-57)82-59(58(75)76)34-42(67)47(60-39(3)65)54(81-59)48(70)43(68)35-62/h40-45,47-57,62-64,66-68,70-74H,4-38H2,1-3H3,(H,60,65)(H,61,69)(H,75,76). The van der Waals surface area contributed by atoms with Gasteiger partial charge in [-0.25, -0.2) is 4.79 Å². The van der Waals surface area contributed by atoms with E-state index >= 15 is 0 Å². The van der Waals surface area contributed by atoms with E-state index in [0.717, 1.165) is 58.3 Å². The maximum Gasteiger partial charge on any atom is 0.364 e. The van der Waals surface area contributed by atoms with Gasteiger partial charge in [-0.1, -0.05) is 187 Å². The zero-order valence-corrected chi connectivity index (χ0v) is 49.6. The van der Waals surface area contributed by atoms with E-state index in [1.807, 2.05) is 0 Å². The van der Waals surface area contributed by atoms with Crippen LogP contribution in [0.1, 0.15) is 220 Å². The monoisotopic (exact) mass is 1180 g/mol. The molecule has 3 saturated heterocycles. The molecule has 0 bridgehead atoms. The number of carboxylic acids is 1. The van der Waals surface area contributed by atoms with E-state index in [1.54, 1.807) is 0 Å². The lowest BCUT2D eigenvalue weighted by Gasteiger charge is -2.50. The van der Waals surface area contributed by atoms with E-state index in [4.69, 9.17) is 28.4 Å². The van der Waals surface area contributed by atoms with E-state index in [0.29, 0.717) is 19.3 Å². The fourth-order valence-corrected chi connectivity index (χ4v) is 11.2. The summed E-state index contributed by atoms with van der Waals surface area (Å²) in [6, 6.07) is -2.52. The lowest BCUT2D eigenvalue weighted by Crippen LogP contribution is -2.70. The van der Waals surface area contributed by atoms with Crippen molar-refractivity contribution < 1.29 is 104 Å². The van der Waals surface area contributed by atoms with Crippen LogP contribution in [0.5, 0.6) is 0 Å². The third kappa shape index (κ3) is 25.6. The molecule has 3 rings (SSSR count). The number of carbonyl (C=O) groups is 3. The number of nitrogens with one attached hydrogen (secondary N) is 2. The number of carboxylic acid groups (broad SMARTS) is 1. The summed E-state index contributed by atoms with van der Waals surface area (Å²) in [7, 11) is 0. The number of aliphatic carboxylic acids is 1. The van der Waals surface area contributed by atoms with E-state index in [9.17, 15) is 75.7 Å². The van der Waals surface area contributed by atoms with Gasteiger partial charge in [-0.3, -0.25) is 9.59 Å². The lowest BCUT2D eigenvalue weighted by atomic mass is 9.88. The van der Waals surface area contributed by atoms with Crippen LogP contribution < -0.4 is 10.6 Å². The Morgan fingerprint density at radius 1 is 0.585 bits per heavy atom. The Hall–Kier alpha value is -2.27. The van der Waals surface area contributed by atoms with Crippen molar-refractivity contribution in [3.05, 3.63) is 0 Å². The quantitative estimate of drug-likeness (QED) is 0.0388. The normalized spacial score (nSPS) is 30.1. The summed E-state index contributed by atoms with van der Waals surface area (Å²) in [6.07, 6.45) is 4.15. The Balaban J connectivity index is 1.64. The molecule has 2 amide bonds. The maximum atomic E-state index is 13.4. The molecule has 82 heavy (non-hydrogen) atoms. The summed E-state index contributed by atoms with van der Waals surface area (Å²) in [5.41, 5.74) is 0. The molecule has 18 atom stereocenters. The Morgan fingerprint density at radius 2 is 1.06 bits per heavy atom. The van der Waals surface area contributed by atoms with Crippen LogP contribution in [-0.4, -0.2) is 215 Å². The molecule has 23 heteroatoms. The van der Waals surface area contributed by atoms with Gasteiger partial charge in [-0.05, 0) is 12.8 Å². The second kappa shape index (κ2) is 41.8. The first-order valence-corrected chi connectivity index (χ1v) is 31.4. The average molecular weight is 1180 g/mol. The average Bonchev–Trinajstić information content (AvgIpc) is 3.56. The van der Waals surface area contributed by atoms with Crippen molar-refractivity contribution in [3.8, 4) is 0 Å². The minimum absolute atomic E-state index is 0.227. The van der Waals surface area contributed by atoms with Crippen molar-refractivity contribution in [1.29, 1.82) is 0 Å². The molecule has 0 spiro atoms. The predicted octanol–water partition coefficient (Wildman–Crippen LogP) is 3.39. The van der Waals surface area contributed by atoms with E-state index < -0.39 is 148 Å². The number of unbranched alkanes of at least 4 members (excludes halogenated alkanes) is 26. The minimum Gasteiger partial charge on any atom is -0.477 e. The van der Waals surface area contributed by atoms with Crippen molar-refractivity contribution in [1.82, 2.24) is 10.6 Å². The zero-order chi connectivity index (χ0) is 60.5. The van der Waals surface area contributed by atoms with Crippen LogP contribution in [0.15, 0.2) is 0 Å². The first-order chi connectivity index (χ1) is 39.4. The van der Waals surface area contributed by atoms with Crippen molar-refractivity contribution in [2.75, 3.05) is 26.4 Å². The molecule has 0 aromatic heterocycles. The SMILES string of the molecule is CCCCCCCCCCCCCCCCCCCC(O)C(COC1OC(CO)C(OC2OC(CO)C(O)C(OC3(C(=O)O)CC(O)C(NC(C)=O)C(C(O)C(O)CO)O3)C2O)C(O)C1O)NC(=O)CCCCCCCCCCCCC. The number of amides is 2. The fourth-order valence-electron chi connectivity index (χ4n) is 11.2. The predicted molar refractivity (Wildman–Crippen MR) is 302 cm³/mol. The summed E-state index contributed by atoms with van der Waals surface area (Å²) in [5.74, 6) is -6.10. The highest BCUT2D eigenvalue weighted by atomic mass is 16.8. The van der Waals surface area contributed by atoms with Crippen LogP contribution in [0.3, 0.4) is 0 Å². The highest BCUT2D eigenvalue weighted by Gasteiger charge is 2.60. The zero-order valence-electron chi connectivity index (χ0n) is 49.6. The smallest absolute Gasteiger partial charge is 0.364 e. The molecule has 0 aromatic carbocycles. The van der Waals surface area contributed by atoms with Gasteiger partial charge in [0.1, 0.15) is 67.1 Å². The van der Waals surface area contributed by atoms with Crippen LogP contribution in [0.25, 0.3) is 0 Å². The van der Waals surface area contributed by atoms with Gasteiger partial charge in [-0.2, -0.15) is 0 Å². The molecule has 0 radical (unpaired) electrons. The van der Waals surface area contributed by atoms with Gasteiger partial charge in [0, 0.05) is 19.8 Å². The molecular weight excluding hydrogens is 1070 g/mol. The van der Waals surface area contributed by atoms with E-state index in [-0.39, 0.29) is 18.9 Å². The number of rotatable bonds is 46. The molecule has 3 fully saturated rings. The fraction of sp³-hybridized carbons (Fsp3) is 0.949. The number of aliphatic hydroxyl groups excluding tert-OH is 11. The van der Waals surface area contributed by atoms with Gasteiger partial charge in [0.25, 0.3) is 5.79 Å². The van der Waals surface area contributed by atoms with Crippen LogP contribution in [0.2, 0.25) is 0 Å². The summed E-state index contributed by atoms with van der Waals surface area (Å²) in [6.45, 7) is 2.17. The second-order valence-corrected chi connectivity index (χ2v) is 23.3. The summed E-state index contributed by atoms with van der Waals surface area (Å²) in [5, 5.41) is 136. The first-order valence-electron chi connectivity index (χ1n) is 31.4. The Kier molecular flexibility index (Phi) is 37.7. The molecule has 0 saturated carbocycles. The molecule has 0 aliphatic carbocycles. The molecule has 14 N–H and O–H groups in total. The van der Waals surface area contributed by atoms with Crippen molar-refractivity contribution in [2.45, 2.75) is 330 Å². The highest BCUT2D eigenvalue weighted by Crippen LogP contribution is 2.38. The van der Waals surface area contributed by atoms with Crippen molar-refractivity contribution >= 4 is 17.8 Å². The van der Waals surface area contributed by atoms with Gasteiger partial charge >= 0.3 is 5.97 Å². The molecule has 23 nitrogen and oxygen atoms in total. The third-order valence-corrected chi connectivity index (χ3v) is 16.3. The number of carbonyl (C=O) groups excluding carboxylic acids is 2. The topological polar surface area (TPSA) is 373 Å². The maximum absolute atomic E-state index is 13.4. The molecule has 0 aromatic rings. The third-order valence-electron chi connectivity index (χ3n) is 16.3. The Morgan fingerprint density at radius 3 is 1.52 bits per heavy atom. The van der Waals surface area contributed by atoms with Gasteiger partial charge < -0.3 is 100 Å². The van der Waals surface area contributed by atoms with Crippen LogP contribution >= 0.6 is 0 Å². The van der Waals surface area contributed by atoms with Crippen LogP contribution in [0.4, 0.5) is 0 Å². The molecule has 3 aliphatic rings. The van der Waals surface area contributed by atoms with Gasteiger partial charge in [0.05, 0.1) is 50.7 Å². The van der Waals surface area contributed by atoms with E-state index in [1.165, 1.54) is 116 Å². The summed E-state index contributed by atoms with van der Waals surface area (Å²) >= 11 is 0.